The molecule has 0 radical (unpaired) electrons. The second-order valence-corrected chi connectivity index (χ2v) is 13.6. The van der Waals surface area contributed by atoms with E-state index in [-0.39, 0.29) is 0 Å². The third-order valence-corrected chi connectivity index (χ3v) is 10.1. The van der Waals surface area contributed by atoms with Crippen LogP contribution in [0.15, 0.2) is 211 Å². The van der Waals surface area contributed by atoms with E-state index in [9.17, 15) is 0 Å². The highest BCUT2D eigenvalue weighted by Crippen LogP contribution is 2.44. The molecule has 5 heteroatoms. The summed E-state index contributed by atoms with van der Waals surface area (Å²) >= 11 is 0. The molecule has 0 atom stereocenters. The van der Waals surface area contributed by atoms with Gasteiger partial charge in [-0.15, -0.1) is 0 Å². The van der Waals surface area contributed by atoms with Gasteiger partial charge in [-0.1, -0.05) is 164 Å². The molecule has 5 nitrogen and oxygen atoms in total. The van der Waals surface area contributed by atoms with Crippen molar-refractivity contribution in [3.05, 3.63) is 206 Å². The Kier molecular flexibility index (Phi) is 8.43. The Morgan fingerprint density at radius 1 is 0.339 bits per heavy atom. The topological polar surface area (TPSA) is 55.1 Å². The maximum absolute atomic E-state index is 6.85. The molecular formula is C51H34N4O. The molecule has 2 heterocycles. The van der Waals surface area contributed by atoms with E-state index in [1.54, 1.807) is 0 Å². The van der Waals surface area contributed by atoms with Crippen molar-refractivity contribution in [1.82, 2.24) is 15.0 Å². The number of para-hydroxylation sites is 3. The molecule has 0 unspecified atom stereocenters. The first-order valence-corrected chi connectivity index (χ1v) is 18.7. The van der Waals surface area contributed by atoms with E-state index >= 15 is 0 Å². The summed E-state index contributed by atoms with van der Waals surface area (Å²) in [6.45, 7) is 0. The predicted octanol–water partition coefficient (Wildman–Crippen LogP) is 13.6. The SMILES string of the molecule is c1ccc(-c2ccc(N(c3ccccc3)c3ccccc3-c3cccc4c3oc3cc(-c5nc(-c6ccccc6)nc(-c6ccccc6)n5)ccc34)cc2)cc1. The van der Waals surface area contributed by atoms with E-state index in [1.165, 1.54) is 11.1 Å². The van der Waals surface area contributed by atoms with E-state index < -0.39 is 0 Å². The van der Waals surface area contributed by atoms with Gasteiger partial charge in [0.1, 0.15) is 11.2 Å². The highest BCUT2D eigenvalue weighted by atomic mass is 16.3. The minimum atomic E-state index is 0.586. The van der Waals surface area contributed by atoms with Gasteiger partial charge >= 0.3 is 0 Å². The van der Waals surface area contributed by atoms with Gasteiger partial charge in [0.25, 0.3) is 0 Å². The average molecular weight is 719 g/mol. The van der Waals surface area contributed by atoms with Crippen LogP contribution in [0.25, 0.3) is 78.4 Å². The fraction of sp³-hybridized carbons (Fsp3) is 0. The number of hydrogen-bond acceptors (Lipinski definition) is 5. The lowest BCUT2D eigenvalue weighted by atomic mass is 9.99. The largest absolute Gasteiger partial charge is 0.455 e. The molecule has 0 N–H and O–H groups in total. The number of nitrogens with zero attached hydrogens (tertiary/aromatic N) is 4. The minimum Gasteiger partial charge on any atom is -0.455 e. The highest BCUT2D eigenvalue weighted by Gasteiger charge is 2.21. The van der Waals surface area contributed by atoms with Crippen molar-refractivity contribution in [2.75, 3.05) is 4.90 Å². The van der Waals surface area contributed by atoms with Gasteiger partial charge in [-0.3, -0.25) is 0 Å². The van der Waals surface area contributed by atoms with Gasteiger partial charge in [0.2, 0.25) is 0 Å². The summed E-state index contributed by atoms with van der Waals surface area (Å²) in [5.74, 6) is 1.83. The molecule has 0 bridgehead atoms. The summed E-state index contributed by atoms with van der Waals surface area (Å²) in [6, 6.07) is 71.0. The number of hydrogen-bond donors (Lipinski definition) is 0. The molecule has 0 aliphatic heterocycles. The summed E-state index contributed by atoms with van der Waals surface area (Å²) in [4.78, 5) is 17.1. The Morgan fingerprint density at radius 3 is 1.46 bits per heavy atom. The first-order chi connectivity index (χ1) is 27.8. The van der Waals surface area contributed by atoms with Crippen LogP contribution in [0.3, 0.4) is 0 Å². The van der Waals surface area contributed by atoms with Crippen LogP contribution in [0.5, 0.6) is 0 Å². The molecule has 0 fully saturated rings. The summed E-state index contributed by atoms with van der Waals surface area (Å²) in [7, 11) is 0. The Morgan fingerprint density at radius 2 is 0.821 bits per heavy atom. The number of furan rings is 1. The number of aromatic nitrogens is 3. The van der Waals surface area contributed by atoms with Gasteiger partial charge in [0, 0.05) is 50.0 Å². The van der Waals surface area contributed by atoms with Gasteiger partial charge in [-0.2, -0.15) is 0 Å². The van der Waals surface area contributed by atoms with Crippen molar-refractivity contribution in [2.24, 2.45) is 0 Å². The molecule has 10 aromatic rings. The van der Waals surface area contributed by atoms with Gasteiger partial charge in [-0.05, 0) is 53.6 Å². The van der Waals surface area contributed by atoms with E-state index in [2.05, 4.69) is 144 Å². The summed E-state index contributed by atoms with van der Waals surface area (Å²) in [5.41, 5.74) is 11.9. The Hall–Kier alpha value is -7.63. The monoisotopic (exact) mass is 718 g/mol. The normalized spacial score (nSPS) is 11.2. The molecule has 264 valence electrons. The third kappa shape index (κ3) is 6.17. The molecular weight excluding hydrogens is 685 g/mol. The molecule has 0 saturated carbocycles. The van der Waals surface area contributed by atoms with Crippen LogP contribution >= 0.6 is 0 Å². The van der Waals surface area contributed by atoms with Gasteiger partial charge in [0.05, 0.1) is 5.69 Å². The van der Waals surface area contributed by atoms with Crippen molar-refractivity contribution in [3.63, 3.8) is 0 Å². The average Bonchev–Trinajstić information content (AvgIpc) is 3.66. The van der Waals surface area contributed by atoms with E-state index in [0.29, 0.717) is 17.5 Å². The molecule has 2 aromatic heterocycles. The van der Waals surface area contributed by atoms with Crippen molar-refractivity contribution in [1.29, 1.82) is 0 Å². The maximum Gasteiger partial charge on any atom is 0.164 e. The van der Waals surface area contributed by atoms with E-state index in [4.69, 9.17) is 19.4 Å². The van der Waals surface area contributed by atoms with Crippen LogP contribution in [0.4, 0.5) is 17.1 Å². The van der Waals surface area contributed by atoms with Crippen molar-refractivity contribution >= 4 is 39.0 Å². The molecule has 8 aromatic carbocycles. The molecule has 0 saturated heterocycles. The van der Waals surface area contributed by atoms with Crippen LogP contribution in [0.1, 0.15) is 0 Å². The Bertz CT molecular complexity index is 2890. The first-order valence-electron chi connectivity index (χ1n) is 18.7. The van der Waals surface area contributed by atoms with Crippen LogP contribution in [-0.4, -0.2) is 15.0 Å². The third-order valence-electron chi connectivity index (χ3n) is 10.1. The zero-order chi connectivity index (χ0) is 37.3. The van der Waals surface area contributed by atoms with E-state index in [1.807, 2.05) is 66.7 Å². The van der Waals surface area contributed by atoms with Crippen LogP contribution < -0.4 is 4.90 Å². The van der Waals surface area contributed by atoms with Crippen molar-refractivity contribution in [3.8, 4) is 56.4 Å². The summed E-state index contributed by atoms with van der Waals surface area (Å²) in [6.07, 6.45) is 0. The highest BCUT2D eigenvalue weighted by molar-refractivity contribution is 6.11. The molecule has 56 heavy (non-hydrogen) atoms. The number of benzene rings is 8. The Labute approximate surface area is 324 Å². The fourth-order valence-electron chi connectivity index (χ4n) is 7.42. The predicted molar refractivity (Wildman–Crippen MR) is 229 cm³/mol. The lowest BCUT2D eigenvalue weighted by Gasteiger charge is -2.28. The minimum absolute atomic E-state index is 0.586. The zero-order valence-corrected chi connectivity index (χ0v) is 30.3. The second kappa shape index (κ2) is 14.3. The van der Waals surface area contributed by atoms with Gasteiger partial charge in [-0.25, -0.2) is 15.0 Å². The maximum atomic E-state index is 6.85. The number of rotatable bonds is 8. The second-order valence-electron chi connectivity index (χ2n) is 13.6. The quantitative estimate of drug-likeness (QED) is 0.157. The molecule has 0 amide bonds. The summed E-state index contributed by atoms with van der Waals surface area (Å²) < 4.78 is 6.85. The zero-order valence-electron chi connectivity index (χ0n) is 30.3. The Balaban J connectivity index is 1.09. The van der Waals surface area contributed by atoms with Gasteiger partial charge < -0.3 is 9.32 Å². The first kappa shape index (κ1) is 33.0. The summed E-state index contributed by atoms with van der Waals surface area (Å²) in [5, 5.41) is 2.07. The van der Waals surface area contributed by atoms with Gasteiger partial charge in [0.15, 0.2) is 17.5 Å². The van der Waals surface area contributed by atoms with Crippen LogP contribution in [-0.2, 0) is 0 Å². The van der Waals surface area contributed by atoms with Crippen LogP contribution in [0.2, 0.25) is 0 Å². The lowest BCUT2D eigenvalue weighted by Crippen LogP contribution is -2.11. The molecule has 0 aliphatic rings. The standard InChI is InChI=1S/C51H34N4O/c1-5-16-35(17-6-1)36-28-31-41(32-29-36)55(40-22-11-4-12-23-40)46-27-14-13-24-42(46)44-25-15-26-45-43-33-30-39(34-47(43)56-48(44)45)51-53-49(37-18-7-2-8-19-37)52-50(54-51)38-20-9-3-10-21-38/h1-34H. The number of anilines is 3. The van der Waals surface area contributed by atoms with E-state index in [0.717, 1.165) is 66.8 Å². The van der Waals surface area contributed by atoms with Crippen molar-refractivity contribution < 1.29 is 4.42 Å². The molecule has 0 aliphatic carbocycles. The van der Waals surface area contributed by atoms with Crippen molar-refractivity contribution in [2.45, 2.75) is 0 Å². The smallest absolute Gasteiger partial charge is 0.164 e. The molecule has 0 spiro atoms. The molecule has 10 rings (SSSR count). The van der Waals surface area contributed by atoms with Crippen LogP contribution in [0, 0.1) is 0 Å². The number of fused-ring (bicyclic) bond motifs is 3. The lowest BCUT2D eigenvalue weighted by molar-refractivity contribution is 0.670. The fourth-order valence-corrected chi connectivity index (χ4v) is 7.42.